The molecule has 9 heteroatoms. The lowest BCUT2D eigenvalue weighted by molar-refractivity contribution is 0.0954. The summed E-state index contributed by atoms with van der Waals surface area (Å²) in [4.78, 5) is 12.9. The van der Waals surface area contributed by atoms with Gasteiger partial charge in [-0.25, -0.2) is 8.42 Å². The molecule has 2 fully saturated rings. The summed E-state index contributed by atoms with van der Waals surface area (Å²) < 4.78 is 26.9. The highest BCUT2D eigenvalue weighted by Gasteiger charge is 2.31. The molecule has 154 valence electrons. The number of sulfonamides is 1. The van der Waals surface area contributed by atoms with Gasteiger partial charge < -0.3 is 10.6 Å². The van der Waals surface area contributed by atoms with Gasteiger partial charge in [0.05, 0.1) is 0 Å². The van der Waals surface area contributed by atoms with E-state index in [-0.39, 0.29) is 23.2 Å². The number of thiophene rings is 1. The zero-order chi connectivity index (χ0) is 18.4. The van der Waals surface area contributed by atoms with Crippen LogP contribution in [0.1, 0.15) is 61.0 Å². The summed E-state index contributed by atoms with van der Waals surface area (Å²) in [7, 11) is -3.56. The van der Waals surface area contributed by atoms with Crippen molar-refractivity contribution in [2.75, 3.05) is 26.2 Å². The summed E-state index contributed by atoms with van der Waals surface area (Å²) in [6.07, 6.45) is 9.38. The van der Waals surface area contributed by atoms with E-state index in [1.807, 2.05) is 0 Å². The van der Waals surface area contributed by atoms with Crippen LogP contribution in [0, 0.1) is 0 Å². The minimum atomic E-state index is -3.56. The lowest BCUT2D eigenvalue weighted by Gasteiger charge is -2.17. The average Bonchev–Trinajstić information content (AvgIpc) is 3.28. The molecule has 1 aromatic heterocycles. The monoisotopic (exact) mass is 435 g/mol. The lowest BCUT2D eigenvalue weighted by atomic mass is 10.1. The standard InChI is InChI=1S/C18H29N3O3S2.ClH/c22-18(20-11-10-19-15-7-3-1-2-4-8-15)17-16(9-14-25-17)26(23,24)21-12-5-6-13-21;/h9,14-15,19H,1-8,10-13H2,(H,20,22);1H. The quantitative estimate of drug-likeness (QED) is 0.509. The first-order chi connectivity index (χ1) is 12.6. The second kappa shape index (κ2) is 10.8. The number of rotatable bonds is 7. The van der Waals surface area contributed by atoms with E-state index in [0.29, 0.717) is 30.6 Å². The van der Waals surface area contributed by atoms with Crippen molar-refractivity contribution >= 4 is 39.7 Å². The lowest BCUT2D eigenvalue weighted by Crippen LogP contribution is -2.37. The highest BCUT2D eigenvalue weighted by atomic mass is 35.5. The molecule has 1 saturated carbocycles. The third-order valence-corrected chi connectivity index (χ3v) is 8.20. The Morgan fingerprint density at radius 1 is 1.07 bits per heavy atom. The Bertz CT molecular complexity index is 694. The molecule has 2 aliphatic rings. The van der Waals surface area contributed by atoms with E-state index >= 15 is 0 Å². The van der Waals surface area contributed by atoms with E-state index < -0.39 is 10.0 Å². The topological polar surface area (TPSA) is 78.5 Å². The number of carbonyl (C=O) groups is 1. The molecule has 0 radical (unpaired) electrons. The van der Waals surface area contributed by atoms with E-state index in [2.05, 4.69) is 10.6 Å². The van der Waals surface area contributed by atoms with Gasteiger partial charge in [0.1, 0.15) is 9.77 Å². The van der Waals surface area contributed by atoms with Crippen LogP contribution in [0.15, 0.2) is 16.3 Å². The maximum atomic E-state index is 12.7. The third-order valence-electron chi connectivity index (χ3n) is 5.22. The van der Waals surface area contributed by atoms with Crippen LogP contribution in [0.2, 0.25) is 0 Å². The predicted octanol–water partition coefficient (Wildman–Crippen LogP) is 3.00. The van der Waals surface area contributed by atoms with Gasteiger partial charge in [0.2, 0.25) is 10.0 Å². The molecule has 1 aliphatic heterocycles. The minimum Gasteiger partial charge on any atom is -0.350 e. The average molecular weight is 436 g/mol. The largest absolute Gasteiger partial charge is 0.350 e. The highest BCUT2D eigenvalue weighted by Crippen LogP contribution is 2.27. The summed E-state index contributed by atoms with van der Waals surface area (Å²) in [5.74, 6) is -0.291. The minimum absolute atomic E-state index is 0. The molecule has 0 spiro atoms. The first-order valence-electron chi connectivity index (χ1n) is 9.68. The molecular weight excluding hydrogens is 406 g/mol. The van der Waals surface area contributed by atoms with Crippen molar-refractivity contribution in [3.05, 3.63) is 16.3 Å². The van der Waals surface area contributed by atoms with E-state index in [0.717, 1.165) is 19.4 Å². The normalized spacial score (nSPS) is 19.4. The van der Waals surface area contributed by atoms with E-state index in [4.69, 9.17) is 0 Å². The third kappa shape index (κ3) is 5.90. The molecule has 1 saturated heterocycles. The van der Waals surface area contributed by atoms with Crippen molar-refractivity contribution in [2.45, 2.75) is 62.3 Å². The predicted molar refractivity (Wildman–Crippen MR) is 111 cm³/mol. The van der Waals surface area contributed by atoms with Gasteiger partial charge in [0, 0.05) is 32.2 Å². The molecule has 0 atom stereocenters. The summed E-state index contributed by atoms with van der Waals surface area (Å²) in [6.45, 7) is 2.32. The number of amides is 1. The summed E-state index contributed by atoms with van der Waals surface area (Å²) in [6, 6.07) is 2.10. The number of hydrogen-bond donors (Lipinski definition) is 2. The van der Waals surface area contributed by atoms with Gasteiger partial charge in [-0.05, 0) is 37.1 Å². The van der Waals surface area contributed by atoms with Gasteiger partial charge in [-0.15, -0.1) is 23.7 Å². The van der Waals surface area contributed by atoms with E-state index in [1.165, 1.54) is 54.2 Å². The number of hydrogen-bond acceptors (Lipinski definition) is 5. The van der Waals surface area contributed by atoms with Crippen LogP contribution < -0.4 is 10.6 Å². The van der Waals surface area contributed by atoms with Crippen LogP contribution in [0.4, 0.5) is 0 Å². The molecule has 1 amide bonds. The van der Waals surface area contributed by atoms with E-state index in [9.17, 15) is 13.2 Å². The molecule has 6 nitrogen and oxygen atoms in total. The fraction of sp³-hybridized carbons (Fsp3) is 0.722. The van der Waals surface area contributed by atoms with Crippen LogP contribution >= 0.6 is 23.7 Å². The van der Waals surface area contributed by atoms with Gasteiger partial charge in [-0.2, -0.15) is 4.31 Å². The Labute approximate surface area is 172 Å². The Morgan fingerprint density at radius 3 is 2.41 bits per heavy atom. The molecule has 0 aromatic carbocycles. The summed E-state index contributed by atoms with van der Waals surface area (Å²) in [5, 5.41) is 8.07. The maximum Gasteiger partial charge on any atom is 0.262 e. The molecule has 3 rings (SSSR count). The molecular formula is C18H30ClN3O3S2. The fourth-order valence-corrected chi connectivity index (χ4v) is 6.58. The van der Waals surface area contributed by atoms with Gasteiger partial charge in [0.25, 0.3) is 5.91 Å². The molecule has 0 unspecified atom stereocenters. The SMILES string of the molecule is Cl.O=C(NCCNC1CCCCCC1)c1sccc1S(=O)(=O)N1CCCC1. The van der Waals surface area contributed by atoms with Crippen LogP contribution in [-0.2, 0) is 10.0 Å². The van der Waals surface area contributed by atoms with Crippen molar-refractivity contribution in [3.63, 3.8) is 0 Å². The van der Waals surface area contributed by atoms with Crippen molar-refractivity contribution < 1.29 is 13.2 Å². The second-order valence-electron chi connectivity index (χ2n) is 7.12. The number of nitrogens with one attached hydrogen (secondary N) is 2. The van der Waals surface area contributed by atoms with Crippen LogP contribution in [0.3, 0.4) is 0 Å². The van der Waals surface area contributed by atoms with Gasteiger partial charge >= 0.3 is 0 Å². The number of carbonyl (C=O) groups excluding carboxylic acids is 1. The zero-order valence-corrected chi connectivity index (χ0v) is 18.1. The van der Waals surface area contributed by atoms with Crippen molar-refractivity contribution in [1.29, 1.82) is 0 Å². The Morgan fingerprint density at radius 2 is 1.74 bits per heavy atom. The number of halogens is 1. The van der Waals surface area contributed by atoms with Crippen LogP contribution in [0.5, 0.6) is 0 Å². The smallest absolute Gasteiger partial charge is 0.262 e. The Balaban J connectivity index is 0.00000261. The second-order valence-corrected chi connectivity index (χ2v) is 9.95. The van der Waals surface area contributed by atoms with Crippen molar-refractivity contribution in [1.82, 2.24) is 14.9 Å². The summed E-state index contributed by atoms with van der Waals surface area (Å²) >= 11 is 1.19. The van der Waals surface area contributed by atoms with Gasteiger partial charge in [-0.3, -0.25) is 4.79 Å². The zero-order valence-electron chi connectivity index (χ0n) is 15.6. The van der Waals surface area contributed by atoms with Crippen molar-refractivity contribution in [2.24, 2.45) is 0 Å². The Hall–Kier alpha value is -0.670. The van der Waals surface area contributed by atoms with Crippen molar-refractivity contribution in [3.8, 4) is 0 Å². The maximum absolute atomic E-state index is 12.7. The van der Waals surface area contributed by atoms with E-state index in [1.54, 1.807) is 11.4 Å². The molecule has 1 aromatic rings. The van der Waals surface area contributed by atoms with Crippen LogP contribution in [-0.4, -0.2) is 50.9 Å². The molecule has 2 N–H and O–H groups in total. The molecule has 1 aliphatic carbocycles. The van der Waals surface area contributed by atoms with Gasteiger partial charge in [0.15, 0.2) is 0 Å². The first-order valence-corrected chi connectivity index (χ1v) is 12.0. The molecule has 0 bridgehead atoms. The Kier molecular flexibility index (Phi) is 9.01. The fourth-order valence-electron chi connectivity index (χ4n) is 3.75. The first kappa shape index (κ1) is 22.6. The number of nitrogens with zero attached hydrogens (tertiary/aromatic N) is 1. The van der Waals surface area contributed by atoms with Gasteiger partial charge in [-0.1, -0.05) is 25.7 Å². The summed E-state index contributed by atoms with van der Waals surface area (Å²) in [5.41, 5.74) is 0. The highest BCUT2D eigenvalue weighted by molar-refractivity contribution is 7.89. The molecule has 27 heavy (non-hydrogen) atoms. The molecule has 2 heterocycles. The van der Waals surface area contributed by atoms with Crippen LogP contribution in [0.25, 0.3) is 0 Å².